The Hall–Kier alpha value is -3.17. The highest BCUT2D eigenvalue weighted by atomic mass is 35.5. The van der Waals surface area contributed by atoms with Gasteiger partial charge in [-0.2, -0.15) is 18.2 Å². The summed E-state index contributed by atoms with van der Waals surface area (Å²) in [4.78, 5) is 11.1. The third-order valence-electron chi connectivity index (χ3n) is 7.40. The quantitative estimate of drug-likeness (QED) is 0.404. The fourth-order valence-electron chi connectivity index (χ4n) is 5.51. The average molecular weight is 499 g/mol. The molecule has 10 heteroatoms. The second-order valence-electron chi connectivity index (χ2n) is 9.36. The third kappa shape index (κ3) is 3.65. The van der Waals surface area contributed by atoms with Crippen LogP contribution in [0.1, 0.15) is 35.6 Å². The van der Waals surface area contributed by atoms with Crippen LogP contribution in [0, 0.1) is 5.41 Å². The molecule has 180 valence electrons. The highest BCUT2D eigenvalue weighted by Gasteiger charge is 2.46. The van der Waals surface area contributed by atoms with Gasteiger partial charge in [0.1, 0.15) is 0 Å². The summed E-state index contributed by atoms with van der Waals surface area (Å²) in [6.07, 6.45) is 1.28. The molecule has 3 heterocycles. The lowest BCUT2D eigenvalue weighted by Crippen LogP contribution is -2.44. The first kappa shape index (κ1) is 22.3. The molecule has 2 aromatic heterocycles. The molecule has 1 atom stereocenters. The zero-order valence-corrected chi connectivity index (χ0v) is 19.4. The molecule has 0 unspecified atom stereocenters. The molecule has 1 saturated heterocycles. The van der Waals surface area contributed by atoms with Gasteiger partial charge in [0.25, 0.3) is 0 Å². The molecular formula is C25H22ClF3N6. The Bertz CT molecular complexity index is 1420. The summed E-state index contributed by atoms with van der Waals surface area (Å²) >= 11 is 6.14. The molecule has 0 saturated carbocycles. The van der Waals surface area contributed by atoms with Crippen LogP contribution in [0.3, 0.4) is 0 Å². The lowest BCUT2D eigenvalue weighted by Gasteiger charge is -2.42. The molecule has 0 radical (unpaired) electrons. The number of nitrogens with zero attached hydrogens (tertiary/aromatic N) is 5. The topological polar surface area (TPSA) is 72.9 Å². The largest absolute Gasteiger partial charge is 0.418 e. The van der Waals surface area contributed by atoms with E-state index in [2.05, 4.69) is 38.2 Å². The summed E-state index contributed by atoms with van der Waals surface area (Å²) in [6.45, 7) is 1.49. The van der Waals surface area contributed by atoms with Crippen LogP contribution >= 0.6 is 11.6 Å². The van der Waals surface area contributed by atoms with Crippen molar-refractivity contribution < 1.29 is 13.2 Å². The van der Waals surface area contributed by atoms with Crippen molar-refractivity contribution in [1.29, 1.82) is 0 Å². The van der Waals surface area contributed by atoms with Gasteiger partial charge in [-0.25, -0.2) is 9.67 Å². The molecule has 2 aliphatic rings. The van der Waals surface area contributed by atoms with E-state index in [1.165, 1.54) is 29.5 Å². The maximum absolute atomic E-state index is 13.6. The smallest absolute Gasteiger partial charge is 0.341 e. The Morgan fingerprint density at radius 3 is 2.57 bits per heavy atom. The second kappa shape index (κ2) is 7.93. The fourth-order valence-corrected chi connectivity index (χ4v) is 5.77. The summed E-state index contributed by atoms with van der Waals surface area (Å²) < 4.78 is 41.9. The van der Waals surface area contributed by atoms with Crippen molar-refractivity contribution in [2.24, 2.45) is 11.1 Å². The average Bonchev–Trinajstić information content (AvgIpc) is 3.37. The number of nitrogens with two attached hydrogens (primary N) is 1. The maximum Gasteiger partial charge on any atom is 0.418 e. The molecule has 0 bridgehead atoms. The molecule has 1 fully saturated rings. The van der Waals surface area contributed by atoms with Gasteiger partial charge >= 0.3 is 6.18 Å². The zero-order valence-electron chi connectivity index (χ0n) is 18.6. The molecule has 6 nitrogen and oxygen atoms in total. The van der Waals surface area contributed by atoms with Crippen molar-refractivity contribution in [1.82, 2.24) is 19.7 Å². The van der Waals surface area contributed by atoms with Crippen LogP contribution in [0.15, 0.2) is 54.9 Å². The molecular weight excluding hydrogens is 477 g/mol. The number of anilines is 1. The first-order chi connectivity index (χ1) is 16.7. The molecule has 6 rings (SSSR count). The van der Waals surface area contributed by atoms with Gasteiger partial charge in [-0.15, -0.1) is 5.10 Å². The molecule has 4 aromatic rings. The van der Waals surface area contributed by atoms with Crippen molar-refractivity contribution in [3.8, 4) is 5.69 Å². The van der Waals surface area contributed by atoms with Crippen LogP contribution in [0.5, 0.6) is 0 Å². The summed E-state index contributed by atoms with van der Waals surface area (Å²) in [6, 6.07) is 12.1. The normalized spacial score (nSPS) is 19.5. The van der Waals surface area contributed by atoms with Crippen LogP contribution < -0.4 is 10.6 Å². The first-order valence-electron chi connectivity index (χ1n) is 11.4. The highest BCUT2D eigenvalue weighted by Crippen LogP contribution is 2.50. The fraction of sp³-hybridized carbons (Fsp3) is 0.320. The van der Waals surface area contributed by atoms with Crippen molar-refractivity contribution in [3.63, 3.8) is 0 Å². The van der Waals surface area contributed by atoms with Crippen molar-refractivity contribution in [2.75, 3.05) is 18.0 Å². The van der Waals surface area contributed by atoms with Crippen LogP contribution in [0.4, 0.5) is 19.1 Å². The Balaban J connectivity index is 1.27. The van der Waals surface area contributed by atoms with Crippen LogP contribution in [-0.4, -0.2) is 32.8 Å². The lowest BCUT2D eigenvalue weighted by molar-refractivity contribution is -0.137. The summed E-state index contributed by atoms with van der Waals surface area (Å²) in [5.74, 6) is 0.511. The van der Waals surface area contributed by atoms with Crippen molar-refractivity contribution >= 4 is 28.6 Å². The van der Waals surface area contributed by atoms with Crippen molar-refractivity contribution in [2.45, 2.75) is 31.5 Å². The number of fused-ring (bicyclic) bond motifs is 2. The second-order valence-corrected chi connectivity index (χ2v) is 9.77. The lowest BCUT2D eigenvalue weighted by atomic mass is 9.73. The summed E-state index contributed by atoms with van der Waals surface area (Å²) in [7, 11) is 0. The number of rotatable bonds is 2. The Kier molecular flexibility index (Phi) is 5.05. The zero-order chi connectivity index (χ0) is 24.4. The maximum atomic E-state index is 13.6. The van der Waals surface area contributed by atoms with Crippen LogP contribution in [-0.2, 0) is 12.6 Å². The minimum atomic E-state index is -4.57. The molecule has 0 amide bonds. The number of hydrogen-bond donors (Lipinski definition) is 1. The third-order valence-corrected chi connectivity index (χ3v) is 7.71. The number of alkyl halides is 3. The number of aromatic nitrogens is 4. The van der Waals surface area contributed by atoms with E-state index in [9.17, 15) is 13.2 Å². The van der Waals surface area contributed by atoms with E-state index in [1.807, 2.05) is 6.07 Å². The van der Waals surface area contributed by atoms with E-state index in [0.717, 1.165) is 43.1 Å². The van der Waals surface area contributed by atoms with Crippen LogP contribution in [0.25, 0.3) is 16.7 Å². The van der Waals surface area contributed by atoms with Gasteiger partial charge in [0, 0.05) is 31.5 Å². The van der Waals surface area contributed by atoms with Gasteiger partial charge in [-0.05, 0) is 47.9 Å². The van der Waals surface area contributed by atoms with E-state index in [4.69, 9.17) is 17.3 Å². The van der Waals surface area contributed by atoms with Gasteiger partial charge in [-0.3, -0.25) is 0 Å². The molecule has 35 heavy (non-hydrogen) atoms. The number of benzene rings is 2. The van der Waals surface area contributed by atoms with E-state index < -0.39 is 11.7 Å². The standard InChI is InChI=1S/C25H22ClF3N6/c26-19-7-3-6-18(25(27,28)29)20(19)35-14-16-13-31-23(32-22(16)33-35)34-10-8-24(9-11-34)12-15-4-1-2-5-17(15)21(24)30/h1-7,13-14,21H,8-12,30H2/t21-/m1/s1. The number of piperidine rings is 1. The Morgan fingerprint density at radius 2 is 1.83 bits per heavy atom. The van der Waals surface area contributed by atoms with E-state index in [-0.39, 0.29) is 22.2 Å². The van der Waals surface area contributed by atoms with Gasteiger partial charge in [0.15, 0.2) is 5.65 Å². The predicted molar refractivity (Wildman–Crippen MR) is 128 cm³/mol. The molecule has 1 aliphatic carbocycles. The summed E-state index contributed by atoms with van der Waals surface area (Å²) in [5, 5.41) is 4.80. The number of hydrogen-bond acceptors (Lipinski definition) is 5. The summed E-state index contributed by atoms with van der Waals surface area (Å²) in [5.41, 5.74) is 8.50. The minimum Gasteiger partial charge on any atom is -0.341 e. The Morgan fingerprint density at radius 1 is 1.06 bits per heavy atom. The van der Waals surface area contributed by atoms with Gasteiger partial charge in [-0.1, -0.05) is 41.9 Å². The van der Waals surface area contributed by atoms with Gasteiger partial charge < -0.3 is 10.6 Å². The first-order valence-corrected chi connectivity index (χ1v) is 11.8. The molecule has 2 aromatic carbocycles. The predicted octanol–water partition coefficient (Wildman–Crippen LogP) is 5.33. The highest BCUT2D eigenvalue weighted by molar-refractivity contribution is 6.32. The number of halogens is 4. The van der Waals surface area contributed by atoms with Crippen LogP contribution in [0.2, 0.25) is 5.02 Å². The van der Waals surface area contributed by atoms with Crippen molar-refractivity contribution in [3.05, 3.63) is 76.6 Å². The van der Waals surface area contributed by atoms with Gasteiger partial charge in [0.2, 0.25) is 5.95 Å². The molecule has 1 spiro atoms. The van der Waals surface area contributed by atoms with E-state index in [0.29, 0.717) is 17.0 Å². The SMILES string of the molecule is N[C@@H]1c2ccccc2CC12CCN(c1ncc3cn(-c4c(Cl)cccc4C(F)(F)F)nc3n1)CC2. The van der Waals surface area contributed by atoms with E-state index >= 15 is 0 Å². The monoisotopic (exact) mass is 498 g/mol. The van der Waals surface area contributed by atoms with Gasteiger partial charge in [0.05, 0.1) is 21.7 Å². The molecule has 1 aliphatic heterocycles. The Labute approximate surface area is 204 Å². The number of para-hydroxylation sites is 1. The minimum absolute atomic E-state index is 0.0124. The molecule has 2 N–H and O–H groups in total. The van der Waals surface area contributed by atoms with E-state index in [1.54, 1.807) is 6.20 Å².